The first-order valence-electron chi connectivity index (χ1n) is 5.77. The van der Waals surface area contributed by atoms with Gasteiger partial charge < -0.3 is 5.32 Å². The molecule has 5 heteroatoms. The Morgan fingerprint density at radius 1 is 1.47 bits per heavy atom. The average Bonchev–Trinajstić information content (AvgIpc) is 2.96. The number of hydrogen-bond acceptors (Lipinski definition) is 4. The van der Waals surface area contributed by atoms with E-state index < -0.39 is 10.8 Å². The standard InChI is InChI=1S/C12H14N2OS2/c15-17(8-9-5-6-13-7-9)12-14-10-3-1-2-4-11(10)16-12/h1-4,9,13H,5-8H2/t9-,17+/m0/s1. The Bertz CT molecular complexity index is 513. The van der Waals surface area contributed by atoms with Gasteiger partial charge >= 0.3 is 0 Å². The summed E-state index contributed by atoms with van der Waals surface area (Å²) in [6.07, 6.45) is 1.14. The second-order valence-electron chi connectivity index (χ2n) is 4.32. The topological polar surface area (TPSA) is 42.0 Å². The van der Waals surface area contributed by atoms with E-state index in [2.05, 4.69) is 10.3 Å². The highest BCUT2D eigenvalue weighted by Crippen LogP contribution is 2.25. The smallest absolute Gasteiger partial charge is 0.181 e. The Hall–Kier alpha value is -0.780. The summed E-state index contributed by atoms with van der Waals surface area (Å²) in [5.74, 6) is 1.29. The molecule has 17 heavy (non-hydrogen) atoms. The molecule has 0 spiro atoms. The molecule has 2 atom stereocenters. The fraction of sp³-hybridized carbons (Fsp3) is 0.417. The Labute approximate surface area is 107 Å². The normalized spacial score (nSPS) is 22.0. The number of hydrogen-bond donors (Lipinski definition) is 1. The van der Waals surface area contributed by atoms with Crippen molar-refractivity contribution in [1.29, 1.82) is 0 Å². The molecule has 1 aliphatic heterocycles. The quantitative estimate of drug-likeness (QED) is 0.924. The lowest BCUT2D eigenvalue weighted by Crippen LogP contribution is -2.14. The van der Waals surface area contributed by atoms with Crippen molar-refractivity contribution >= 4 is 32.4 Å². The summed E-state index contributed by atoms with van der Waals surface area (Å²) in [5.41, 5.74) is 0.963. The largest absolute Gasteiger partial charge is 0.316 e. The first-order chi connectivity index (χ1) is 8.33. The van der Waals surface area contributed by atoms with Gasteiger partial charge in [0.1, 0.15) is 0 Å². The molecule has 2 aromatic rings. The Kier molecular flexibility index (Phi) is 3.22. The van der Waals surface area contributed by atoms with Crippen molar-refractivity contribution in [2.45, 2.75) is 10.8 Å². The lowest BCUT2D eigenvalue weighted by Gasteiger charge is -2.04. The van der Waals surface area contributed by atoms with Crippen LogP contribution in [0.15, 0.2) is 28.6 Å². The van der Waals surface area contributed by atoms with E-state index >= 15 is 0 Å². The van der Waals surface area contributed by atoms with Crippen LogP contribution in [0.4, 0.5) is 0 Å². The molecule has 1 fully saturated rings. The van der Waals surface area contributed by atoms with Crippen molar-refractivity contribution in [2.24, 2.45) is 5.92 Å². The van der Waals surface area contributed by atoms with E-state index in [9.17, 15) is 4.21 Å². The van der Waals surface area contributed by atoms with Crippen LogP contribution in [0.3, 0.4) is 0 Å². The summed E-state index contributed by atoms with van der Waals surface area (Å²) in [4.78, 5) is 4.45. The molecule has 3 nitrogen and oxygen atoms in total. The maximum absolute atomic E-state index is 12.2. The van der Waals surface area contributed by atoms with Gasteiger partial charge in [-0.05, 0) is 37.6 Å². The summed E-state index contributed by atoms with van der Waals surface area (Å²) < 4.78 is 14.1. The van der Waals surface area contributed by atoms with Gasteiger partial charge in [0, 0.05) is 5.75 Å². The summed E-state index contributed by atoms with van der Waals surface area (Å²) in [6, 6.07) is 7.97. The van der Waals surface area contributed by atoms with Crippen LogP contribution in [-0.2, 0) is 10.8 Å². The number of aromatic nitrogens is 1. The fourth-order valence-electron chi connectivity index (χ4n) is 2.09. The first kappa shape index (κ1) is 11.3. The van der Waals surface area contributed by atoms with E-state index in [1.165, 1.54) is 0 Å². The van der Waals surface area contributed by atoms with E-state index in [-0.39, 0.29) is 0 Å². The zero-order chi connectivity index (χ0) is 11.7. The minimum Gasteiger partial charge on any atom is -0.316 e. The summed E-state index contributed by atoms with van der Waals surface area (Å²) >= 11 is 1.56. The monoisotopic (exact) mass is 266 g/mol. The molecule has 0 radical (unpaired) electrons. The van der Waals surface area contributed by atoms with E-state index in [1.54, 1.807) is 11.3 Å². The number of para-hydroxylation sites is 1. The van der Waals surface area contributed by atoms with E-state index in [1.807, 2.05) is 24.3 Å². The molecule has 2 heterocycles. The van der Waals surface area contributed by atoms with Crippen molar-refractivity contribution in [3.63, 3.8) is 0 Å². The van der Waals surface area contributed by atoms with Gasteiger partial charge in [-0.3, -0.25) is 4.21 Å². The zero-order valence-corrected chi connectivity index (χ0v) is 11.0. The Morgan fingerprint density at radius 2 is 2.35 bits per heavy atom. The summed E-state index contributed by atoms with van der Waals surface area (Å²) in [6.45, 7) is 2.05. The van der Waals surface area contributed by atoms with Gasteiger partial charge in [-0.25, -0.2) is 4.98 Å². The minimum atomic E-state index is -0.938. The number of fused-ring (bicyclic) bond motifs is 1. The van der Waals surface area contributed by atoms with Crippen LogP contribution in [0.5, 0.6) is 0 Å². The van der Waals surface area contributed by atoms with E-state index in [0.717, 1.165) is 39.8 Å². The molecular formula is C12H14N2OS2. The van der Waals surface area contributed by atoms with Crippen molar-refractivity contribution in [3.8, 4) is 0 Å². The van der Waals surface area contributed by atoms with Crippen molar-refractivity contribution in [2.75, 3.05) is 18.8 Å². The van der Waals surface area contributed by atoms with Crippen molar-refractivity contribution < 1.29 is 4.21 Å². The number of thiazole rings is 1. The molecule has 0 aliphatic carbocycles. The second-order valence-corrected chi connectivity index (χ2v) is 7.02. The molecule has 0 unspecified atom stereocenters. The Morgan fingerprint density at radius 3 is 3.12 bits per heavy atom. The molecule has 90 valence electrons. The molecule has 0 saturated carbocycles. The maximum Gasteiger partial charge on any atom is 0.181 e. The van der Waals surface area contributed by atoms with Gasteiger partial charge in [0.25, 0.3) is 0 Å². The van der Waals surface area contributed by atoms with Gasteiger partial charge in [-0.2, -0.15) is 0 Å². The second kappa shape index (κ2) is 4.84. The van der Waals surface area contributed by atoms with Crippen LogP contribution >= 0.6 is 11.3 Å². The van der Waals surface area contributed by atoms with Crippen LogP contribution in [-0.4, -0.2) is 28.0 Å². The molecule has 1 aliphatic rings. The van der Waals surface area contributed by atoms with E-state index in [0.29, 0.717) is 5.92 Å². The third-order valence-electron chi connectivity index (χ3n) is 3.02. The lowest BCUT2D eigenvalue weighted by atomic mass is 10.2. The number of nitrogens with zero attached hydrogens (tertiary/aromatic N) is 1. The molecule has 1 aromatic heterocycles. The number of benzene rings is 1. The predicted octanol–water partition coefficient (Wildman–Crippen LogP) is 2.01. The predicted molar refractivity (Wildman–Crippen MR) is 71.9 cm³/mol. The van der Waals surface area contributed by atoms with Crippen LogP contribution < -0.4 is 5.32 Å². The average molecular weight is 266 g/mol. The fourth-order valence-corrected chi connectivity index (χ4v) is 4.69. The van der Waals surface area contributed by atoms with Crippen LogP contribution in [0.1, 0.15) is 6.42 Å². The van der Waals surface area contributed by atoms with Crippen molar-refractivity contribution in [3.05, 3.63) is 24.3 Å². The van der Waals surface area contributed by atoms with Crippen LogP contribution in [0.2, 0.25) is 0 Å². The molecule has 1 N–H and O–H groups in total. The highest BCUT2D eigenvalue weighted by molar-refractivity contribution is 7.87. The molecule has 0 bridgehead atoms. The lowest BCUT2D eigenvalue weighted by molar-refractivity contribution is 0.632. The molecule has 1 aromatic carbocycles. The van der Waals surface area contributed by atoms with Crippen LogP contribution in [0, 0.1) is 5.92 Å². The molecule has 0 amide bonds. The van der Waals surface area contributed by atoms with Gasteiger partial charge in [0.05, 0.1) is 21.0 Å². The zero-order valence-electron chi connectivity index (χ0n) is 9.39. The van der Waals surface area contributed by atoms with Gasteiger partial charge in [-0.15, -0.1) is 11.3 Å². The number of nitrogens with one attached hydrogen (secondary N) is 1. The van der Waals surface area contributed by atoms with Gasteiger partial charge in [0.2, 0.25) is 0 Å². The first-order valence-corrected chi connectivity index (χ1v) is 7.91. The summed E-state index contributed by atoms with van der Waals surface area (Å²) in [5, 5.41) is 3.30. The highest BCUT2D eigenvalue weighted by atomic mass is 32.2. The third kappa shape index (κ3) is 2.41. The van der Waals surface area contributed by atoms with Gasteiger partial charge in [-0.1, -0.05) is 12.1 Å². The van der Waals surface area contributed by atoms with Crippen LogP contribution in [0.25, 0.3) is 10.2 Å². The van der Waals surface area contributed by atoms with E-state index in [4.69, 9.17) is 0 Å². The third-order valence-corrected chi connectivity index (χ3v) is 5.91. The maximum atomic E-state index is 12.2. The SMILES string of the molecule is O=[S@](C[C@H]1CCNC1)c1nc2ccccc2s1. The highest BCUT2D eigenvalue weighted by Gasteiger charge is 2.20. The van der Waals surface area contributed by atoms with Gasteiger partial charge in [0.15, 0.2) is 4.34 Å². The minimum absolute atomic E-state index is 0.544. The molecule has 1 saturated heterocycles. The summed E-state index contributed by atoms with van der Waals surface area (Å²) in [7, 11) is -0.938. The molecule has 3 rings (SSSR count). The number of rotatable bonds is 3. The van der Waals surface area contributed by atoms with Crippen molar-refractivity contribution in [1.82, 2.24) is 10.3 Å². The molecular weight excluding hydrogens is 252 g/mol. The Balaban J connectivity index is 1.80.